The van der Waals surface area contributed by atoms with Gasteiger partial charge in [0.05, 0.1) is 0 Å². The van der Waals surface area contributed by atoms with Gasteiger partial charge in [-0.3, -0.25) is 9.69 Å². The van der Waals surface area contributed by atoms with E-state index in [0.29, 0.717) is 0 Å². The van der Waals surface area contributed by atoms with E-state index in [4.69, 9.17) is 0 Å². The number of piperazine rings is 1. The summed E-state index contributed by atoms with van der Waals surface area (Å²) in [4.78, 5) is 15.6. The third-order valence-electron chi connectivity index (χ3n) is 3.18. The number of halogens is 1. The molecule has 0 saturated carbocycles. The van der Waals surface area contributed by atoms with Gasteiger partial charge in [-0.15, -0.1) is 0 Å². The zero-order valence-electron chi connectivity index (χ0n) is 10.3. The summed E-state index contributed by atoms with van der Waals surface area (Å²) in [6.45, 7) is 6.80. The lowest BCUT2D eigenvalue weighted by Crippen LogP contribution is -2.48. The number of hydrogen-bond acceptors (Lipinski definition) is 2. The second-order valence-corrected chi connectivity index (χ2v) is 5.24. The minimum atomic E-state index is 0.219. The van der Waals surface area contributed by atoms with Crippen molar-refractivity contribution in [2.75, 3.05) is 38.1 Å². The molecule has 1 amide bonds. The van der Waals surface area contributed by atoms with Crippen molar-refractivity contribution >= 4 is 21.8 Å². The highest BCUT2D eigenvalue weighted by atomic mass is 79.9. The van der Waals surface area contributed by atoms with Crippen molar-refractivity contribution in [3.63, 3.8) is 0 Å². The molecule has 4 heteroatoms. The van der Waals surface area contributed by atoms with E-state index in [2.05, 4.69) is 20.8 Å². The van der Waals surface area contributed by atoms with Gasteiger partial charge in [-0.2, -0.15) is 0 Å². The summed E-state index contributed by atoms with van der Waals surface area (Å²) in [5.41, 5.74) is 0. The molecule has 1 heterocycles. The largest absolute Gasteiger partial charge is 0.340 e. The highest BCUT2D eigenvalue weighted by Gasteiger charge is 2.17. The van der Waals surface area contributed by atoms with Crippen LogP contribution in [0.15, 0.2) is 0 Å². The monoisotopic (exact) mass is 290 g/mol. The van der Waals surface area contributed by atoms with Crippen LogP contribution in [0.25, 0.3) is 0 Å². The van der Waals surface area contributed by atoms with Crippen LogP contribution in [0.2, 0.25) is 0 Å². The molecule has 1 rings (SSSR count). The van der Waals surface area contributed by atoms with E-state index >= 15 is 0 Å². The van der Waals surface area contributed by atoms with Gasteiger partial charge in [-0.05, 0) is 19.4 Å². The van der Waals surface area contributed by atoms with Crippen LogP contribution >= 0.6 is 15.9 Å². The first kappa shape index (κ1) is 14.0. The molecule has 0 spiro atoms. The van der Waals surface area contributed by atoms with Gasteiger partial charge in [-0.25, -0.2) is 0 Å². The smallest absolute Gasteiger partial charge is 0.219 e. The average molecular weight is 291 g/mol. The maximum absolute atomic E-state index is 11.1. The fourth-order valence-corrected chi connectivity index (χ4v) is 2.47. The molecule has 1 saturated heterocycles. The summed E-state index contributed by atoms with van der Waals surface area (Å²) < 4.78 is 0. The fraction of sp³-hybridized carbons (Fsp3) is 0.917. The van der Waals surface area contributed by atoms with Crippen LogP contribution < -0.4 is 0 Å². The van der Waals surface area contributed by atoms with E-state index in [9.17, 15) is 4.79 Å². The quantitative estimate of drug-likeness (QED) is 0.553. The Bertz CT molecular complexity index is 203. The molecule has 1 aliphatic heterocycles. The number of alkyl halides is 1. The highest BCUT2D eigenvalue weighted by molar-refractivity contribution is 9.09. The molecular weight excluding hydrogens is 268 g/mol. The van der Waals surface area contributed by atoms with Crippen molar-refractivity contribution in [1.82, 2.24) is 9.80 Å². The van der Waals surface area contributed by atoms with Gasteiger partial charge >= 0.3 is 0 Å². The lowest BCUT2D eigenvalue weighted by Gasteiger charge is -2.34. The molecule has 1 aliphatic rings. The van der Waals surface area contributed by atoms with Gasteiger partial charge in [0.15, 0.2) is 0 Å². The van der Waals surface area contributed by atoms with E-state index < -0.39 is 0 Å². The molecule has 0 aromatic rings. The number of carbonyl (C=O) groups excluding carboxylic acids is 1. The van der Waals surface area contributed by atoms with Gasteiger partial charge in [-0.1, -0.05) is 28.8 Å². The molecule has 16 heavy (non-hydrogen) atoms. The Morgan fingerprint density at radius 2 is 1.69 bits per heavy atom. The van der Waals surface area contributed by atoms with Gasteiger partial charge in [0.1, 0.15) is 0 Å². The summed E-state index contributed by atoms with van der Waals surface area (Å²) in [7, 11) is 0. The molecule has 0 atom stereocenters. The first-order valence-corrected chi connectivity index (χ1v) is 7.40. The van der Waals surface area contributed by atoms with E-state index in [-0.39, 0.29) is 5.91 Å². The van der Waals surface area contributed by atoms with Crippen molar-refractivity contribution in [2.24, 2.45) is 0 Å². The predicted octanol–water partition coefficient (Wildman–Crippen LogP) is 2.11. The van der Waals surface area contributed by atoms with Crippen molar-refractivity contribution in [2.45, 2.75) is 32.6 Å². The SMILES string of the molecule is CC(=O)N1CCN(CCCCCCBr)CC1. The molecular formula is C12H23BrN2O. The van der Waals surface area contributed by atoms with Crippen LogP contribution in [0.5, 0.6) is 0 Å². The molecule has 3 nitrogen and oxygen atoms in total. The molecule has 1 fully saturated rings. The number of carbonyl (C=O) groups is 1. The Morgan fingerprint density at radius 3 is 2.25 bits per heavy atom. The number of nitrogens with zero attached hydrogens (tertiary/aromatic N) is 2. The first-order valence-electron chi connectivity index (χ1n) is 6.28. The van der Waals surface area contributed by atoms with E-state index in [1.807, 2.05) is 4.90 Å². The maximum Gasteiger partial charge on any atom is 0.219 e. The normalized spacial score (nSPS) is 17.8. The van der Waals surface area contributed by atoms with Gasteiger partial charge in [0.2, 0.25) is 5.91 Å². The topological polar surface area (TPSA) is 23.6 Å². The predicted molar refractivity (Wildman–Crippen MR) is 71.0 cm³/mol. The Labute approximate surface area is 107 Å². The molecule has 0 aromatic carbocycles. The van der Waals surface area contributed by atoms with Crippen molar-refractivity contribution < 1.29 is 4.79 Å². The third kappa shape index (κ3) is 5.30. The molecule has 0 radical (unpaired) electrons. The number of amides is 1. The van der Waals surface area contributed by atoms with Crippen molar-refractivity contribution in [3.8, 4) is 0 Å². The van der Waals surface area contributed by atoms with Gasteiger partial charge in [0.25, 0.3) is 0 Å². The zero-order chi connectivity index (χ0) is 11.8. The number of rotatable bonds is 6. The van der Waals surface area contributed by atoms with Crippen LogP contribution in [-0.2, 0) is 4.79 Å². The molecule has 0 aromatic heterocycles. The Morgan fingerprint density at radius 1 is 1.06 bits per heavy atom. The second-order valence-electron chi connectivity index (χ2n) is 4.45. The Hall–Kier alpha value is -0.0900. The first-order chi connectivity index (χ1) is 7.74. The molecule has 94 valence electrons. The number of hydrogen-bond donors (Lipinski definition) is 0. The van der Waals surface area contributed by atoms with Crippen molar-refractivity contribution in [3.05, 3.63) is 0 Å². The molecule has 0 unspecified atom stereocenters. The Balaban J connectivity index is 2.02. The minimum Gasteiger partial charge on any atom is -0.340 e. The summed E-state index contributed by atoms with van der Waals surface area (Å²) in [5.74, 6) is 0.219. The van der Waals surface area contributed by atoms with Crippen LogP contribution in [0.4, 0.5) is 0 Å². The van der Waals surface area contributed by atoms with E-state index in [1.165, 1.54) is 32.2 Å². The summed E-state index contributed by atoms with van der Waals surface area (Å²) in [6, 6.07) is 0. The van der Waals surface area contributed by atoms with Crippen molar-refractivity contribution in [1.29, 1.82) is 0 Å². The average Bonchev–Trinajstić information content (AvgIpc) is 2.29. The summed E-state index contributed by atoms with van der Waals surface area (Å²) in [5, 5.41) is 1.13. The lowest BCUT2D eigenvalue weighted by atomic mass is 10.2. The second kappa shape index (κ2) is 8.07. The summed E-state index contributed by atoms with van der Waals surface area (Å²) in [6.07, 6.45) is 5.25. The fourth-order valence-electron chi connectivity index (χ4n) is 2.07. The molecule has 0 N–H and O–H groups in total. The zero-order valence-corrected chi connectivity index (χ0v) is 11.8. The molecule has 0 bridgehead atoms. The molecule has 0 aliphatic carbocycles. The van der Waals surface area contributed by atoms with Crippen LogP contribution in [0.1, 0.15) is 32.6 Å². The van der Waals surface area contributed by atoms with Crippen LogP contribution in [0, 0.1) is 0 Å². The third-order valence-corrected chi connectivity index (χ3v) is 3.74. The number of unbranched alkanes of at least 4 members (excludes halogenated alkanes) is 3. The van der Waals surface area contributed by atoms with Crippen LogP contribution in [0.3, 0.4) is 0 Å². The van der Waals surface area contributed by atoms with Gasteiger partial charge < -0.3 is 4.90 Å². The maximum atomic E-state index is 11.1. The lowest BCUT2D eigenvalue weighted by molar-refractivity contribution is -0.130. The Kier molecular flexibility index (Phi) is 7.05. The van der Waals surface area contributed by atoms with Gasteiger partial charge in [0, 0.05) is 38.4 Å². The summed E-state index contributed by atoms with van der Waals surface area (Å²) >= 11 is 3.45. The minimum absolute atomic E-state index is 0.219. The van der Waals surface area contributed by atoms with E-state index in [1.54, 1.807) is 6.92 Å². The standard InChI is InChI=1S/C12H23BrN2O/c1-12(16)15-10-8-14(9-11-15)7-5-3-2-4-6-13/h2-11H2,1H3. The van der Waals surface area contributed by atoms with E-state index in [0.717, 1.165) is 31.5 Å². The highest BCUT2D eigenvalue weighted by Crippen LogP contribution is 2.06. The van der Waals surface area contributed by atoms with Crippen LogP contribution in [-0.4, -0.2) is 53.8 Å².